The monoisotopic (exact) mass is 273 g/mol. The summed E-state index contributed by atoms with van der Waals surface area (Å²) < 4.78 is 13.1. The lowest BCUT2D eigenvalue weighted by Crippen LogP contribution is -2.16. The highest BCUT2D eigenvalue weighted by molar-refractivity contribution is 6.07. The van der Waals surface area contributed by atoms with E-state index in [1.165, 1.54) is 12.1 Å². The third-order valence-electron chi connectivity index (χ3n) is 2.68. The van der Waals surface area contributed by atoms with E-state index in [9.17, 15) is 9.18 Å². The molecule has 4 nitrogen and oxygen atoms in total. The van der Waals surface area contributed by atoms with Crippen molar-refractivity contribution in [1.29, 1.82) is 0 Å². The van der Waals surface area contributed by atoms with Gasteiger partial charge in [0.05, 0.1) is 5.56 Å². The van der Waals surface area contributed by atoms with E-state index in [-0.39, 0.29) is 5.91 Å². The smallest absolute Gasteiger partial charge is 0.259 e. The van der Waals surface area contributed by atoms with Gasteiger partial charge in [-0.2, -0.15) is 0 Å². The van der Waals surface area contributed by atoms with E-state index in [4.69, 9.17) is 0 Å². The zero-order chi connectivity index (χ0) is 14.4. The van der Waals surface area contributed by atoms with E-state index < -0.39 is 5.82 Å². The Hall–Kier alpha value is -2.43. The van der Waals surface area contributed by atoms with E-state index in [1.54, 1.807) is 30.5 Å². The Morgan fingerprint density at radius 2 is 2.15 bits per heavy atom. The quantitative estimate of drug-likeness (QED) is 0.879. The van der Waals surface area contributed by atoms with E-state index in [2.05, 4.69) is 15.6 Å². The van der Waals surface area contributed by atoms with E-state index >= 15 is 0 Å². The molecular weight excluding hydrogens is 257 g/mol. The summed E-state index contributed by atoms with van der Waals surface area (Å²) in [7, 11) is 0. The van der Waals surface area contributed by atoms with Gasteiger partial charge < -0.3 is 10.6 Å². The van der Waals surface area contributed by atoms with Gasteiger partial charge in [-0.3, -0.25) is 4.79 Å². The third-order valence-corrected chi connectivity index (χ3v) is 2.68. The summed E-state index contributed by atoms with van der Waals surface area (Å²) in [6.45, 7) is 2.76. The van der Waals surface area contributed by atoms with Crippen LogP contribution in [0, 0.1) is 5.82 Å². The van der Waals surface area contributed by atoms with Crippen molar-refractivity contribution >= 4 is 17.4 Å². The molecule has 0 aliphatic carbocycles. The Kier molecular flexibility index (Phi) is 4.65. The van der Waals surface area contributed by atoms with Crippen LogP contribution in [0.15, 0.2) is 42.6 Å². The summed E-state index contributed by atoms with van der Waals surface area (Å²) in [5.74, 6) is -0.177. The summed E-state index contributed by atoms with van der Waals surface area (Å²) in [4.78, 5) is 16.3. The van der Waals surface area contributed by atoms with Gasteiger partial charge in [0, 0.05) is 18.4 Å². The van der Waals surface area contributed by atoms with E-state index in [0.717, 1.165) is 13.0 Å². The van der Waals surface area contributed by atoms with E-state index in [1.807, 2.05) is 6.92 Å². The summed E-state index contributed by atoms with van der Waals surface area (Å²) in [5.41, 5.74) is 0.852. The van der Waals surface area contributed by atoms with Crippen molar-refractivity contribution in [3.05, 3.63) is 54.0 Å². The highest BCUT2D eigenvalue weighted by Gasteiger charge is 2.12. The van der Waals surface area contributed by atoms with Crippen molar-refractivity contribution in [2.24, 2.45) is 0 Å². The summed E-state index contributed by atoms with van der Waals surface area (Å²) in [6, 6.07) is 9.15. The minimum absolute atomic E-state index is 0.317. The number of nitrogens with one attached hydrogen (secondary N) is 2. The van der Waals surface area contributed by atoms with Crippen molar-refractivity contribution in [3.63, 3.8) is 0 Å². The Morgan fingerprint density at radius 1 is 1.30 bits per heavy atom. The van der Waals surface area contributed by atoms with Crippen LogP contribution in [0.25, 0.3) is 0 Å². The molecule has 2 aromatic rings. The topological polar surface area (TPSA) is 54.0 Å². The number of carbonyl (C=O) groups excluding carboxylic acids is 1. The van der Waals surface area contributed by atoms with Crippen LogP contribution in [0.5, 0.6) is 0 Å². The molecule has 0 bridgehead atoms. The van der Waals surface area contributed by atoms with Crippen LogP contribution in [-0.2, 0) is 0 Å². The van der Waals surface area contributed by atoms with Crippen LogP contribution in [0.3, 0.4) is 0 Å². The highest BCUT2D eigenvalue weighted by atomic mass is 19.1. The first-order valence-corrected chi connectivity index (χ1v) is 6.46. The maximum absolute atomic E-state index is 13.1. The van der Waals surface area contributed by atoms with Gasteiger partial charge in [0.1, 0.15) is 11.6 Å². The second kappa shape index (κ2) is 6.65. The van der Waals surface area contributed by atoms with Crippen LogP contribution < -0.4 is 10.6 Å². The average Bonchev–Trinajstić information content (AvgIpc) is 2.45. The number of anilines is 2. The minimum Gasteiger partial charge on any atom is -0.369 e. The molecule has 0 radical (unpaired) electrons. The number of nitrogens with zero attached hydrogens (tertiary/aromatic N) is 1. The molecule has 0 fully saturated rings. The van der Waals surface area contributed by atoms with Crippen LogP contribution in [0.4, 0.5) is 15.9 Å². The number of halogens is 1. The van der Waals surface area contributed by atoms with Gasteiger partial charge in [0.25, 0.3) is 5.91 Å². The van der Waals surface area contributed by atoms with E-state index in [0.29, 0.717) is 17.1 Å². The van der Waals surface area contributed by atoms with Crippen molar-refractivity contribution in [2.75, 3.05) is 17.2 Å². The SMILES string of the molecule is CCCNc1ncccc1C(=O)Nc1cccc(F)c1. The second-order valence-corrected chi connectivity index (χ2v) is 4.29. The van der Waals surface area contributed by atoms with Gasteiger partial charge in [-0.05, 0) is 36.8 Å². The molecule has 5 heteroatoms. The third kappa shape index (κ3) is 3.54. The number of aromatic nitrogens is 1. The van der Waals surface area contributed by atoms with Crippen LogP contribution >= 0.6 is 0 Å². The van der Waals surface area contributed by atoms with Gasteiger partial charge in [0.2, 0.25) is 0 Å². The molecule has 20 heavy (non-hydrogen) atoms. The molecule has 0 aliphatic heterocycles. The molecule has 0 unspecified atom stereocenters. The van der Waals surface area contributed by atoms with Crippen molar-refractivity contribution in [3.8, 4) is 0 Å². The standard InChI is InChI=1S/C15H16FN3O/c1-2-8-17-14-13(7-4-9-18-14)15(20)19-12-6-3-5-11(16)10-12/h3-7,9-10H,2,8H2,1H3,(H,17,18)(H,19,20). The van der Waals surface area contributed by atoms with Gasteiger partial charge >= 0.3 is 0 Å². The number of benzene rings is 1. The van der Waals surface area contributed by atoms with Crippen LogP contribution in [0.2, 0.25) is 0 Å². The number of pyridine rings is 1. The van der Waals surface area contributed by atoms with Crippen molar-refractivity contribution in [2.45, 2.75) is 13.3 Å². The molecule has 2 N–H and O–H groups in total. The number of hydrogen-bond acceptors (Lipinski definition) is 3. The number of hydrogen-bond donors (Lipinski definition) is 2. The first kappa shape index (κ1) is 14.0. The highest BCUT2D eigenvalue weighted by Crippen LogP contribution is 2.15. The largest absolute Gasteiger partial charge is 0.369 e. The Balaban J connectivity index is 2.16. The fraction of sp³-hybridized carbons (Fsp3) is 0.200. The molecule has 0 saturated heterocycles. The maximum Gasteiger partial charge on any atom is 0.259 e. The van der Waals surface area contributed by atoms with Crippen molar-refractivity contribution < 1.29 is 9.18 Å². The first-order chi connectivity index (χ1) is 9.70. The molecular formula is C15H16FN3O. The first-order valence-electron chi connectivity index (χ1n) is 6.46. The fourth-order valence-corrected chi connectivity index (χ4v) is 1.74. The zero-order valence-electron chi connectivity index (χ0n) is 11.2. The van der Waals surface area contributed by atoms with Crippen LogP contribution in [0.1, 0.15) is 23.7 Å². The normalized spacial score (nSPS) is 10.1. The number of rotatable bonds is 5. The molecule has 104 valence electrons. The van der Waals surface area contributed by atoms with Gasteiger partial charge in [-0.1, -0.05) is 13.0 Å². The van der Waals surface area contributed by atoms with Crippen molar-refractivity contribution in [1.82, 2.24) is 4.98 Å². The molecule has 2 rings (SSSR count). The maximum atomic E-state index is 13.1. The minimum atomic E-state index is -0.390. The fourth-order valence-electron chi connectivity index (χ4n) is 1.74. The Labute approximate surface area is 117 Å². The van der Waals surface area contributed by atoms with Gasteiger partial charge in [-0.25, -0.2) is 9.37 Å². The molecule has 0 saturated carbocycles. The molecule has 1 amide bonds. The molecule has 1 aromatic heterocycles. The summed E-state index contributed by atoms with van der Waals surface area (Å²) in [6.07, 6.45) is 2.55. The molecule has 1 aromatic carbocycles. The summed E-state index contributed by atoms with van der Waals surface area (Å²) in [5, 5.41) is 5.75. The lowest BCUT2D eigenvalue weighted by molar-refractivity contribution is 0.102. The summed E-state index contributed by atoms with van der Waals surface area (Å²) >= 11 is 0. The lowest BCUT2D eigenvalue weighted by atomic mass is 10.2. The van der Waals surface area contributed by atoms with Gasteiger partial charge in [-0.15, -0.1) is 0 Å². The second-order valence-electron chi connectivity index (χ2n) is 4.29. The van der Waals surface area contributed by atoms with Crippen LogP contribution in [-0.4, -0.2) is 17.4 Å². The Morgan fingerprint density at radius 3 is 2.90 bits per heavy atom. The number of amides is 1. The molecule has 0 spiro atoms. The zero-order valence-corrected chi connectivity index (χ0v) is 11.2. The predicted molar refractivity (Wildman–Crippen MR) is 77.4 cm³/mol. The van der Waals surface area contributed by atoms with Gasteiger partial charge in [0.15, 0.2) is 0 Å². The Bertz CT molecular complexity index is 601. The number of carbonyl (C=O) groups is 1. The average molecular weight is 273 g/mol. The predicted octanol–water partition coefficient (Wildman–Crippen LogP) is 3.29. The lowest BCUT2D eigenvalue weighted by Gasteiger charge is -2.10. The molecule has 0 aliphatic rings. The molecule has 1 heterocycles. The molecule has 0 atom stereocenters.